The normalized spacial score (nSPS) is 13.6. The number of rotatable bonds is 6. The maximum absolute atomic E-state index is 12.9. The molecule has 0 aliphatic heterocycles. The molecule has 1 aromatic carbocycles. The first-order valence-corrected chi connectivity index (χ1v) is 7.10. The Labute approximate surface area is 105 Å². The molecule has 1 rings (SSSR count). The van der Waals surface area contributed by atoms with E-state index in [9.17, 15) is 8.60 Å². The van der Waals surface area contributed by atoms with Crippen LogP contribution in [0.5, 0.6) is 0 Å². The smallest absolute Gasteiger partial charge is 0.124 e. The third-order valence-corrected chi connectivity index (χ3v) is 4.23. The Morgan fingerprint density at radius 1 is 1.41 bits per heavy atom. The molecule has 0 fully saturated rings. The third kappa shape index (κ3) is 4.96. The Bertz CT molecular complexity index is 393. The summed E-state index contributed by atoms with van der Waals surface area (Å²) in [6.45, 7) is 4.82. The van der Waals surface area contributed by atoms with E-state index in [0.717, 1.165) is 12.8 Å². The molecule has 1 aromatic rings. The highest BCUT2D eigenvalue weighted by Crippen LogP contribution is 2.21. The lowest BCUT2D eigenvalue weighted by molar-refractivity contribution is 0.344. The molecule has 0 bridgehead atoms. The fourth-order valence-electron chi connectivity index (χ4n) is 1.51. The Morgan fingerprint density at radius 3 is 2.71 bits per heavy atom. The van der Waals surface area contributed by atoms with Crippen LogP contribution in [0.3, 0.4) is 0 Å². The van der Waals surface area contributed by atoms with Crippen molar-refractivity contribution in [2.75, 3.05) is 12.3 Å². The van der Waals surface area contributed by atoms with E-state index in [4.69, 9.17) is 5.73 Å². The number of nitrogens with two attached hydrogens (primary N) is 1. The molecule has 0 saturated heterocycles. The van der Waals surface area contributed by atoms with Gasteiger partial charge in [0.05, 0.1) is 10.8 Å². The molecule has 0 aliphatic rings. The third-order valence-electron chi connectivity index (χ3n) is 2.79. The highest BCUT2D eigenvalue weighted by atomic mass is 32.2. The summed E-state index contributed by atoms with van der Waals surface area (Å²) in [6.07, 6.45) is 1.78. The number of benzene rings is 1. The van der Waals surface area contributed by atoms with Crippen molar-refractivity contribution in [1.82, 2.24) is 0 Å². The fourth-order valence-corrected chi connectivity index (χ4v) is 2.63. The fraction of sp³-hybridized carbons (Fsp3) is 0.538. The lowest BCUT2D eigenvalue weighted by Crippen LogP contribution is -2.23. The second-order valence-electron chi connectivity index (χ2n) is 4.98. The molecule has 1 unspecified atom stereocenters. The van der Waals surface area contributed by atoms with Crippen LogP contribution >= 0.6 is 0 Å². The molecule has 0 aromatic heterocycles. The van der Waals surface area contributed by atoms with Gasteiger partial charge in [0.25, 0.3) is 0 Å². The van der Waals surface area contributed by atoms with Crippen LogP contribution < -0.4 is 5.73 Å². The number of hydrogen-bond acceptors (Lipinski definition) is 2. The molecule has 96 valence electrons. The van der Waals surface area contributed by atoms with Crippen LogP contribution in [0.15, 0.2) is 29.2 Å². The van der Waals surface area contributed by atoms with Gasteiger partial charge < -0.3 is 5.73 Å². The first kappa shape index (κ1) is 14.3. The summed E-state index contributed by atoms with van der Waals surface area (Å²) in [5, 5.41) is 0. The van der Waals surface area contributed by atoms with E-state index in [1.165, 1.54) is 12.1 Å². The van der Waals surface area contributed by atoms with Crippen LogP contribution in [0, 0.1) is 11.2 Å². The Kier molecular flexibility index (Phi) is 5.28. The molecular formula is C13H20FNOS. The van der Waals surface area contributed by atoms with Crippen LogP contribution in [0.4, 0.5) is 4.39 Å². The maximum Gasteiger partial charge on any atom is 0.124 e. The van der Waals surface area contributed by atoms with Crippen LogP contribution in [0.2, 0.25) is 0 Å². The lowest BCUT2D eigenvalue weighted by Gasteiger charge is -2.21. The summed E-state index contributed by atoms with van der Waals surface area (Å²) in [5.74, 6) is 0.227. The van der Waals surface area contributed by atoms with Gasteiger partial charge in [-0.05, 0) is 43.0 Å². The molecule has 1 atom stereocenters. The van der Waals surface area contributed by atoms with Crippen molar-refractivity contribution in [1.29, 1.82) is 0 Å². The second-order valence-corrected chi connectivity index (χ2v) is 6.55. The minimum atomic E-state index is -1.11. The van der Waals surface area contributed by atoms with E-state index in [1.54, 1.807) is 12.1 Å². The largest absolute Gasteiger partial charge is 0.330 e. The average Bonchev–Trinajstić information content (AvgIpc) is 2.28. The van der Waals surface area contributed by atoms with Crippen molar-refractivity contribution in [2.24, 2.45) is 11.1 Å². The first-order chi connectivity index (χ1) is 7.94. The van der Waals surface area contributed by atoms with E-state index in [-0.39, 0.29) is 11.2 Å². The summed E-state index contributed by atoms with van der Waals surface area (Å²) >= 11 is 0. The van der Waals surface area contributed by atoms with Gasteiger partial charge in [0, 0.05) is 10.6 Å². The van der Waals surface area contributed by atoms with Crippen molar-refractivity contribution in [3.05, 3.63) is 30.1 Å². The van der Waals surface area contributed by atoms with Crippen molar-refractivity contribution >= 4 is 10.8 Å². The van der Waals surface area contributed by atoms with Gasteiger partial charge in [-0.15, -0.1) is 0 Å². The molecule has 0 heterocycles. The molecule has 4 heteroatoms. The molecule has 0 spiro atoms. The predicted octanol–water partition coefficient (Wildman–Crippen LogP) is 2.70. The molecule has 0 aliphatic carbocycles. The monoisotopic (exact) mass is 257 g/mol. The molecule has 0 amide bonds. The molecule has 0 radical (unpaired) electrons. The summed E-state index contributed by atoms with van der Waals surface area (Å²) in [6, 6.07) is 5.99. The topological polar surface area (TPSA) is 43.1 Å². The van der Waals surface area contributed by atoms with E-state index in [2.05, 4.69) is 13.8 Å². The van der Waals surface area contributed by atoms with Gasteiger partial charge in [-0.25, -0.2) is 4.39 Å². The van der Waals surface area contributed by atoms with E-state index in [0.29, 0.717) is 17.2 Å². The van der Waals surface area contributed by atoms with Gasteiger partial charge in [0.1, 0.15) is 5.82 Å². The molecule has 2 nitrogen and oxygen atoms in total. The Hall–Kier alpha value is -0.740. The van der Waals surface area contributed by atoms with E-state index >= 15 is 0 Å². The predicted molar refractivity (Wildman–Crippen MR) is 69.7 cm³/mol. The van der Waals surface area contributed by atoms with E-state index in [1.807, 2.05) is 0 Å². The number of hydrogen-bond donors (Lipinski definition) is 1. The second kappa shape index (κ2) is 6.26. The highest BCUT2D eigenvalue weighted by Gasteiger charge is 2.15. The summed E-state index contributed by atoms with van der Waals surface area (Å²) in [7, 11) is -1.11. The lowest BCUT2D eigenvalue weighted by atomic mass is 9.88. The molecular weight excluding hydrogens is 237 g/mol. The van der Waals surface area contributed by atoms with Gasteiger partial charge in [-0.1, -0.05) is 19.9 Å². The van der Waals surface area contributed by atoms with Crippen molar-refractivity contribution < 1.29 is 8.60 Å². The minimum Gasteiger partial charge on any atom is -0.330 e. The van der Waals surface area contributed by atoms with Gasteiger partial charge in [-0.3, -0.25) is 4.21 Å². The van der Waals surface area contributed by atoms with Crippen molar-refractivity contribution in [3.8, 4) is 0 Å². The SMILES string of the molecule is CC(C)(CN)CCCS(=O)c1cccc(F)c1. The maximum atomic E-state index is 12.9. The minimum absolute atomic E-state index is 0.0894. The highest BCUT2D eigenvalue weighted by molar-refractivity contribution is 7.85. The van der Waals surface area contributed by atoms with Crippen LogP contribution in [-0.2, 0) is 10.8 Å². The van der Waals surface area contributed by atoms with Gasteiger partial charge in [0.2, 0.25) is 0 Å². The Balaban J connectivity index is 2.46. The van der Waals surface area contributed by atoms with Crippen molar-refractivity contribution in [2.45, 2.75) is 31.6 Å². The van der Waals surface area contributed by atoms with Crippen LogP contribution in [0.1, 0.15) is 26.7 Å². The number of halogens is 1. The standard InChI is InChI=1S/C13H20FNOS/c1-13(2,10-15)7-4-8-17(16)12-6-3-5-11(14)9-12/h3,5-6,9H,4,7-8,10,15H2,1-2H3. The van der Waals surface area contributed by atoms with Gasteiger partial charge in [0.15, 0.2) is 0 Å². The quantitative estimate of drug-likeness (QED) is 0.851. The molecule has 2 N–H and O–H groups in total. The zero-order valence-corrected chi connectivity index (χ0v) is 11.2. The summed E-state index contributed by atoms with van der Waals surface area (Å²) in [4.78, 5) is 0.565. The first-order valence-electron chi connectivity index (χ1n) is 5.79. The summed E-state index contributed by atoms with van der Waals surface area (Å²) in [5.41, 5.74) is 5.72. The van der Waals surface area contributed by atoms with Crippen LogP contribution in [-0.4, -0.2) is 16.5 Å². The van der Waals surface area contributed by atoms with Crippen molar-refractivity contribution in [3.63, 3.8) is 0 Å². The Morgan fingerprint density at radius 2 is 2.12 bits per heavy atom. The van der Waals surface area contributed by atoms with Crippen LogP contribution in [0.25, 0.3) is 0 Å². The van der Waals surface area contributed by atoms with E-state index < -0.39 is 10.8 Å². The van der Waals surface area contributed by atoms with Gasteiger partial charge >= 0.3 is 0 Å². The summed E-state index contributed by atoms with van der Waals surface area (Å²) < 4.78 is 24.8. The zero-order valence-electron chi connectivity index (χ0n) is 10.4. The molecule has 0 saturated carbocycles. The molecule has 17 heavy (non-hydrogen) atoms. The average molecular weight is 257 g/mol. The zero-order chi connectivity index (χ0) is 12.9. The van der Waals surface area contributed by atoms with Gasteiger partial charge in [-0.2, -0.15) is 0 Å².